The molecule has 0 amide bonds. The number of hydrogen-bond donors (Lipinski definition) is 0. The zero-order chi connectivity index (χ0) is 14.9. The molecular formula is C10H4BrCl2FN2O3S. The van der Waals surface area contributed by atoms with Crippen LogP contribution in [0, 0.1) is 15.9 Å². The van der Waals surface area contributed by atoms with E-state index in [2.05, 4.69) is 20.9 Å². The van der Waals surface area contributed by atoms with Crippen molar-refractivity contribution in [1.82, 2.24) is 4.98 Å². The van der Waals surface area contributed by atoms with Gasteiger partial charge in [0.05, 0.1) is 20.2 Å². The van der Waals surface area contributed by atoms with E-state index < -0.39 is 16.4 Å². The van der Waals surface area contributed by atoms with Gasteiger partial charge in [0, 0.05) is 12.1 Å². The fourth-order valence-electron chi connectivity index (χ4n) is 1.28. The standard InChI is InChI=1S/C10H4BrCl2FN2O3S/c11-4-1-6(16(17)18)7(2-5(4)14)19-10-15-9(13)8(3-12)20-10/h1-2H,3H2. The summed E-state index contributed by atoms with van der Waals surface area (Å²) in [7, 11) is 0. The fraction of sp³-hybridized carbons (Fsp3) is 0.100. The Labute approximate surface area is 134 Å². The predicted molar refractivity (Wildman–Crippen MR) is 77.5 cm³/mol. The quantitative estimate of drug-likeness (QED) is 0.404. The Bertz CT molecular complexity index is 683. The molecule has 1 heterocycles. The molecule has 0 saturated carbocycles. The van der Waals surface area contributed by atoms with Crippen LogP contribution in [0.1, 0.15) is 4.88 Å². The molecule has 1 aromatic carbocycles. The molecule has 5 nitrogen and oxygen atoms in total. The van der Waals surface area contributed by atoms with Crippen molar-refractivity contribution < 1.29 is 14.1 Å². The number of halogens is 4. The van der Waals surface area contributed by atoms with E-state index in [1.54, 1.807) is 0 Å². The number of aromatic nitrogens is 1. The summed E-state index contributed by atoms with van der Waals surface area (Å²) in [5.41, 5.74) is -0.392. The second-order valence-electron chi connectivity index (χ2n) is 3.42. The van der Waals surface area contributed by atoms with Gasteiger partial charge in [-0.15, -0.1) is 11.6 Å². The third-order valence-corrected chi connectivity index (χ3v) is 4.54. The highest BCUT2D eigenvalue weighted by Crippen LogP contribution is 2.38. The number of hydrogen-bond acceptors (Lipinski definition) is 5. The van der Waals surface area contributed by atoms with Gasteiger partial charge in [-0.05, 0) is 15.9 Å². The number of nitro groups is 1. The van der Waals surface area contributed by atoms with Crippen LogP contribution in [0.5, 0.6) is 10.9 Å². The molecule has 0 aliphatic heterocycles. The molecule has 0 N–H and O–H groups in total. The molecule has 10 heteroatoms. The number of nitrogens with zero attached hydrogens (tertiary/aromatic N) is 2. The first kappa shape index (κ1) is 15.4. The lowest BCUT2D eigenvalue weighted by atomic mass is 10.3. The van der Waals surface area contributed by atoms with E-state index in [1.165, 1.54) is 0 Å². The van der Waals surface area contributed by atoms with Crippen LogP contribution in [0.4, 0.5) is 10.1 Å². The summed E-state index contributed by atoms with van der Waals surface area (Å²) in [6.07, 6.45) is 0. The smallest absolute Gasteiger partial charge is 0.313 e. The fourth-order valence-corrected chi connectivity index (χ4v) is 2.94. The van der Waals surface area contributed by atoms with Crippen molar-refractivity contribution in [3.8, 4) is 10.9 Å². The van der Waals surface area contributed by atoms with E-state index in [0.29, 0.717) is 4.88 Å². The van der Waals surface area contributed by atoms with E-state index in [4.69, 9.17) is 27.9 Å². The minimum absolute atomic E-state index is 0.0323. The molecule has 0 unspecified atom stereocenters. The molecule has 20 heavy (non-hydrogen) atoms. The average Bonchev–Trinajstić information content (AvgIpc) is 2.73. The highest BCUT2D eigenvalue weighted by atomic mass is 79.9. The van der Waals surface area contributed by atoms with Gasteiger partial charge in [0.25, 0.3) is 5.19 Å². The van der Waals surface area contributed by atoms with Gasteiger partial charge in [-0.25, -0.2) is 4.39 Å². The average molecular weight is 402 g/mol. The molecule has 0 spiro atoms. The van der Waals surface area contributed by atoms with Crippen LogP contribution in [0.25, 0.3) is 0 Å². The van der Waals surface area contributed by atoms with E-state index in [-0.39, 0.29) is 26.4 Å². The first-order chi connectivity index (χ1) is 9.42. The molecule has 0 radical (unpaired) electrons. The minimum atomic E-state index is -0.689. The van der Waals surface area contributed by atoms with Crippen LogP contribution < -0.4 is 4.74 Å². The van der Waals surface area contributed by atoms with Crippen molar-refractivity contribution in [2.24, 2.45) is 0 Å². The van der Waals surface area contributed by atoms with Crippen LogP contribution in [-0.4, -0.2) is 9.91 Å². The van der Waals surface area contributed by atoms with Gasteiger partial charge in [-0.3, -0.25) is 10.1 Å². The van der Waals surface area contributed by atoms with Crippen molar-refractivity contribution in [2.75, 3.05) is 0 Å². The van der Waals surface area contributed by atoms with Gasteiger partial charge in [-0.2, -0.15) is 4.98 Å². The van der Waals surface area contributed by atoms with Crippen molar-refractivity contribution in [2.45, 2.75) is 5.88 Å². The number of thiazole rings is 1. The predicted octanol–water partition coefficient (Wildman–Crippen LogP) is 5.14. The first-order valence-electron chi connectivity index (χ1n) is 4.94. The van der Waals surface area contributed by atoms with Crippen LogP contribution in [0.3, 0.4) is 0 Å². The largest absolute Gasteiger partial charge is 0.423 e. The Balaban J connectivity index is 2.41. The highest BCUT2D eigenvalue weighted by molar-refractivity contribution is 9.10. The van der Waals surface area contributed by atoms with Crippen molar-refractivity contribution in [1.29, 1.82) is 0 Å². The summed E-state index contributed by atoms with van der Waals surface area (Å²) >= 11 is 15.3. The highest BCUT2D eigenvalue weighted by Gasteiger charge is 2.21. The lowest BCUT2D eigenvalue weighted by Gasteiger charge is -2.04. The summed E-state index contributed by atoms with van der Waals surface area (Å²) in [5.74, 6) is -0.815. The molecule has 0 bridgehead atoms. The lowest BCUT2D eigenvalue weighted by Crippen LogP contribution is -1.95. The summed E-state index contributed by atoms with van der Waals surface area (Å²) in [6, 6.07) is 1.92. The van der Waals surface area contributed by atoms with Crippen molar-refractivity contribution in [3.05, 3.63) is 42.6 Å². The third kappa shape index (κ3) is 3.20. The molecule has 2 aromatic rings. The van der Waals surface area contributed by atoms with Gasteiger partial charge in [0.2, 0.25) is 5.75 Å². The Morgan fingerprint density at radius 3 is 2.80 bits per heavy atom. The normalized spacial score (nSPS) is 10.6. The maximum atomic E-state index is 13.5. The zero-order valence-corrected chi connectivity index (χ0v) is 13.3. The van der Waals surface area contributed by atoms with Gasteiger partial charge < -0.3 is 4.74 Å². The second kappa shape index (κ2) is 6.21. The lowest BCUT2D eigenvalue weighted by molar-refractivity contribution is -0.385. The van der Waals surface area contributed by atoms with Crippen molar-refractivity contribution >= 4 is 56.2 Å². The Morgan fingerprint density at radius 1 is 1.55 bits per heavy atom. The van der Waals surface area contributed by atoms with Gasteiger partial charge in [0.15, 0.2) is 0 Å². The summed E-state index contributed by atoms with van der Waals surface area (Å²) in [4.78, 5) is 14.6. The monoisotopic (exact) mass is 400 g/mol. The SMILES string of the molecule is O=[N+]([O-])c1cc(Br)c(F)cc1Oc1nc(Cl)c(CCl)s1. The summed E-state index contributed by atoms with van der Waals surface area (Å²) in [6.45, 7) is 0. The zero-order valence-electron chi connectivity index (χ0n) is 9.40. The molecule has 106 valence electrons. The summed E-state index contributed by atoms with van der Waals surface area (Å²) in [5, 5.41) is 11.1. The molecular weight excluding hydrogens is 398 g/mol. The first-order valence-corrected chi connectivity index (χ1v) is 7.47. The molecule has 0 aliphatic carbocycles. The van der Waals surface area contributed by atoms with Crippen molar-refractivity contribution in [3.63, 3.8) is 0 Å². The van der Waals surface area contributed by atoms with E-state index in [9.17, 15) is 14.5 Å². The number of alkyl halides is 1. The summed E-state index contributed by atoms with van der Waals surface area (Å²) < 4.78 is 18.7. The van der Waals surface area contributed by atoms with Crippen LogP contribution in [0.15, 0.2) is 16.6 Å². The maximum absolute atomic E-state index is 13.5. The Hall–Kier alpha value is -0.960. The molecule has 0 saturated heterocycles. The van der Waals surface area contributed by atoms with Crippen LogP contribution in [-0.2, 0) is 5.88 Å². The molecule has 1 aromatic heterocycles. The third-order valence-electron chi connectivity index (χ3n) is 2.15. The maximum Gasteiger partial charge on any atom is 0.313 e. The van der Waals surface area contributed by atoms with E-state index >= 15 is 0 Å². The topological polar surface area (TPSA) is 65.3 Å². The Morgan fingerprint density at radius 2 is 2.25 bits per heavy atom. The van der Waals surface area contributed by atoms with E-state index in [1.807, 2.05) is 0 Å². The molecule has 0 atom stereocenters. The number of benzene rings is 1. The van der Waals surface area contributed by atoms with Crippen LogP contribution >= 0.6 is 50.5 Å². The second-order valence-corrected chi connectivity index (χ2v) is 5.95. The Kier molecular flexibility index (Phi) is 4.79. The van der Waals surface area contributed by atoms with Gasteiger partial charge >= 0.3 is 5.69 Å². The van der Waals surface area contributed by atoms with Crippen LogP contribution in [0.2, 0.25) is 5.15 Å². The number of rotatable bonds is 4. The molecule has 0 fully saturated rings. The minimum Gasteiger partial charge on any atom is -0.423 e. The molecule has 0 aliphatic rings. The van der Waals surface area contributed by atoms with Gasteiger partial charge in [-0.1, -0.05) is 22.9 Å². The van der Waals surface area contributed by atoms with Gasteiger partial charge in [0.1, 0.15) is 11.0 Å². The van der Waals surface area contributed by atoms with E-state index in [0.717, 1.165) is 23.5 Å². The number of nitro benzene ring substituents is 1. The molecule has 2 rings (SSSR count). The number of ether oxygens (including phenoxy) is 1.